The van der Waals surface area contributed by atoms with E-state index in [1.54, 1.807) is 11.8 Å². The van der Waals surface area contributed by atoms with Gasteiger partial charge in [-0.05, 0) is 18.4 Å². The molecule has 1 aromatic carbocycles. The Hall–Kier alpha value is -1.16. The van der Waals surface area contributed by atoms with Crippen LogP contribution in [0.3, 0.4) is 0 Å². The van der Waals surface area contributed by atoms with E-state index >= 15 is 0 Å². The molecule has 0 radical (unpaired) electrons. The molecule has 0 fully saturated rings. The zero-order valence-electron chi connectivity index (χ0n) is 8.99. The van der Waals surface area contributed by atoms with Gasteiger partial charge in [0.15, 0.2) is 0 Å². The number of nitrogens with two attached hydrogens (primary N) is 1. The summed E-state index contributed by atoms with van der Waals surface area (Å²) in [5, 5.41) is 3.22. The highest BCUT2D eigenvalue weighted by Crippen LogP contribution is 2.24. The Labute approximate surface area is 94.4 Å². The molecular weight excluding hydrogens is 208 g/mol. The van der Waals surface area contributed by atoms with Gasteiger partial charge in [-0.15, -0.1) is 11.8 Å². The van der Waals surface area contributed by atoms with Crippen molar-refractivity contribution in [1.82, 2.24) is 0 Å². The molecule has 0 saturated heterocycles. The highest BCUT2D eigenvalue weighted by atomic mass is 32.2. The van der Waals surface area contributed by atoms with Crippen LogP contribution in [0, 0.1) is 5.92 Å². The minimum Gasteiger partial charge on any atom is -0.383 e. The van der Waals surface area contributed by atoms with Crippen molar-refractivity contribution < 1.29 is 4.79 Å². The predicted molar refractivity (Wildman–Crippen MR) is 65.1 cm³/mol. The lowest BCUT2D eigenvalue weighted by atomic mass is 10.1. The Morgan fingerprint density at radius 1 is 1.53 bits per heavy atom. The molecule has 0 aliphatic carbocycles. The molecule has 3 N–H and O–H groups in total. The summed E-state index contributed by atoms with van der Waals surface area (Å²) in [5.41, 5.74) is 6.24. The molecule has 3 nitrogen and oxygen atoms in total. The van der Waals surface area contributed by atoms with Crippen LogP contribution in [0.4, 0.5) is 5.69 Å². The Morgan fingerprint density at radius 2 is 2.20 bits per heavy atom. The second-order valence-corrected chi connectivity index (χ2v) is 4.23. The highest BCUT2D eigenvalue weighted by molar-refractivity contribution is 7.98. The van der Waals surface area contributed by atoms with E-state index in [1.165, 1.54) is 4.90 Å². The Kier molecular flexibility index (Phi) is 4.49. The fourth-order valence-corrected chi connectivity index (χ4v) is 1.73. The summed E-state index contributed by atoms with van der Waals surface area (Å²) < 4.78 is 0. The van der Waals surface area contributed by atoms with Gasteiger partial charge in [0, 0.05) is 17.1 Å². The summed E-state index contributed by atoms with van der Waals surface area (Å²) in [6, 6.07) is 8.01. The second kappa shape index (κ2) is 5.66. The third-order valence-electron chi connectivity index (χ3n) is 2.19. The Bertz CT molecular complexity index is 341. The summed E-state index contributed by atoms with van der Waals surface area (Å²) in [7, 11) is 0. The van der Waals surface area contributed by atoms with E-state index in [2.05, 4.69) is 5.32 Å². The molecule has 15 heavy (non-hydrogen) atoms. The van der Waals surface area contributed by atoms with E-state index < -0.39 is 0 Å². The zero-order valence-corrected chi connectivity index (χ0v) is 9.80. The third-order valence-corrected chi connectivity index (χ3v) is 2.99. The van der Waals surface area contributed by atoms with Crippen LogP contribution in [0.15, 0.2) is 29.2 Å². The molecule has 0 heterocycles. The van der Waals surface area contributed by atoms with Crippen LogP contribution in [0.1, 0.15) is 6.92 Å². The van der Waals surface area contributed by atoms with Crippen LogP contribution >= 0.6 is 11.8 Å². The molecule has 4 heteroatoms. The van der Waals surface area contributed by atoms with Gasteiger partial charge in [0.2, 0.25) is 5.91 Å². The average molecular weight is 224 g/mol. The molecule has 1 amide bonds. The molecule has 0 spiro atoms. The fraction of sp³-hybridized carbons (Fsp3) is 0.364. The molecule has 1 atom stereocenters. The number of rotatable bonds is 5. The molecule has 0 aliphatic heterocycles. The lowest BCUT2D eigenvalue weighted by molar-refractivity contribution is -0.120. The molecule has 1 rings (SSSR count). The van der Waals surface area contributed by atoms with Gasteiger partial charge in [-0.1, -0.05) is 19.1 Å². The molecular formula is C11H16N2OS. The average Bonchev–Trinajstić information content (AvgIpc) is 2.26. The van der Waals surface area contributed by atoms with Crippen LogP contribution in [0.25, 0.3) is 0 Å². The van der Waals surface area contributed by atoms with Crippen molar-refractivity contribution in [2.75, 3.05) is 18.1 Å². The first kappa shape index (κ1) is 11.9. The smallest absolute Gasteiger partial charge is 0.222 e. The van der Waals surface area contributed by atoms with Crippen molar-refractivity contribution in [3.8, 4) is 0 Å². The zero-order chi connectivity index (χ0) is 11.3. The number of carbonyl (C=O) groups is 1. The lowest BCUT2D eigenvalue weighted by Crippen LogP contribution is -2.26. The van der Waals surface area contributed by atoms with Gasteiger partial charge >= 0.3 is 0 Å². The summed E-state index contributed by atoms with van der Waals surface area (Å²) >= 11 is 1.68. The van der Waals surface area contributed by atoms with Crippen LogP contribution in [-0.4, -0.2) is 18.7 Å². The van der Waals surface area contributed by atoms with E-state index in [0.717, 1.165) is 5.69 Å². The summed E-state index contributed by atoms with van der Waals surface area (Å²) in [5.74, 6) is -0.427. The quantitative estimate of drug-likeness (QED) is 0.752. The number of hydrogen-bond donors (Lipinski definition) is 2. The molecule has 0 bridgehead atoms. The number of hydrogen-bond acceptors (Lipinski definition) is 3. The lowest BCUT2D eigenvalue weighted by Gasteiger charge is -2.12. The molecule has 82 valence electrons. The number of para-hydroxylation sites is 1. The fourth-order valence-electron chi connectivity index (χ4n) is 1.15. The van der Waals surface area contributed by atoms with Gasteiger partial charge in [-0.3, -0.25) is 4.79 Å². The maximum atomic E-state index is 10.9. The van der Waals surface area contributed by atoms with Crippen LogP contribution in [-0.2, 0) is 4.79 Å². The molecule has 0 aliphatic rings. The first-order chi connectivity index (χ1) is 7.15. The van der Waals surface area contributed by atoms with Crippen molar-refractivity contribution in [3.05, 3.63) is 24.3 Å². The van der Waals surface area contributed by atoms with Crippen molar-refractivity contribution in [1.29, 1.82) is 0 Å². The number of anilines is 1. The molecule has 1 aromatic rings. The largest absolute Gasteiger partial charge is 0.383 e. The monoisotopic (exact) mass is 224 g/mol. The van der Waals surface area contributed by atoms with Crippen molar-refractivity contribution in [3.63, 3.8) is 0 Å². The SMILES string of the molecule is CSc1ccccc1NCC(C)C(N)=O. The van der Waals surface area contributed by atoms with Crippen LogP contribution < -0.4 is 11.1 Å². The number of carbonyl (C=O) groups excluding carboxylic acids is 1. The summed E-state index contributed by atoms with van der Waals surface area (Å²) in [4.78, 5) is 12.0. The highest BCUT2D eigenvalue weighted by Gasteiger charge is 2.08. The second-order valence-electron chi connectivity index (χ2n) is 3.38. The van der Waals surface area contributed by atoms with Crippen molar-refractivity contribution >= 4 is 23.4 Å². The molecule has 1 unspecified atom stereocenters. The Morgan fingerprint density at radius 3 is 2.80 bits per heavy atom. The van der Waals surface area contributed by atoms with Crippen molar-refractivity contribution in [2.45, 2.75) is 11.8 Å². The summed E-state index contributed by atoms with van der Waals surface area (Å²) in [6.45, 7) is 2.39. The minimum absolute atomic E-state index is 0.153. The number of benzene rings is 1. The van der Waals surface area contributed by atoms with E-state index in [0.29, 0.717) is 6.54 Å². The maximum absolute atomic E-state index is 10.9. The number of nitrogens with one attached hydrogen (secondary N) is 1. The predicted octanol–water partition coefficient (Wildman–Crippen LogP) is 1.94. The minimum atomic E-state index is -0.274. The number of primary amides is 1. The molecule has 0 aromatic heterocycles. The van der Waals surface area contributed by atoms with Crippen LogP contribution in [0.5, 0.6) is 0 Å². The van der Waals surface area contributed by atoms with Crippen LogP contribution in [0.2, 0.25) is 0 Å². The van der Waals surface area contributed by atoms with E-state index in [9.17, 15) is 4.79 Å². The molecule has 0 saturated carbocycles. The third kappa shape index (κ3) is 3.47. The van der Waals surface area contributed by atoms with E-state index in [-0.39, 0.29) is 11.8 Å². The van der Waals surface area contributed by atoms with Gasteiger partial charge in [-0.25, -0.2) is 0 Å². The van der Waals surface area contributed by atoms with Gasteiger partial charge in [0.05, 0.1) is 5.92 Å². The Balaban J connectivity index is 2.60. The summed E-state index contributed by atoms with van der Waals surface area (Å²) in [6.07, 6.45) is 2.03. The number of thioether (sulfide) groups is 1. The van der Waals surface area contributed by atoms with E-state index in [4.69, 9.17) is 5.73 Å². The number of amides is 1. The first-order valence-electron chi connectivity index (χ1n) is 4.81. The van der Waals surface area contributed by atoms with E-state index in [1.807, 2.05) is 37.4 Å². The standard InChI is InChI=1S/C11H16N2OS/c1-8(11(12)14)7-13-9-5-3-4-6-10(9)15-2/h3-6,8,13H,7H2,1-2H3,(H2,12,14). The first-order valence-corrected chi connectivity index (χ1v) is 6.04. The van der Waals surface area contributed by atoms with Gasteiger partial charge in [-0.2, -0.15) is 0 Å². The van der Waals surface area contributed by atoms with Gasteiger partial charge in [0.1, 0.15) is 0 Å². The topological polar surface area (TPSA) is 55.1 Å². The van der Waals surface area contributed by atoms with Gasteiger partial charge < -0.3 is 11.1 Å². The van der Waals surface area contributed by atoms with Crippen molar-refractivity contribution in [2.24, 2.45) is 11.7 Å². The van der Waals surface area contributed by atoms with Gasteiger partial charge in [0.25, 0.3) is 0 Å². The maximum Gasteiger partial charge on any atom is 0.222 e. The normalized spacial score (nSPS) is 12.1.